The van der Waals surface area contributed by atoms with E-state index in [4.69, 9.17) is 26.2 Å². The molecule has 1 heterocycles. The summed E-state index contributed by atoms with van der Waals surface area (Å²) in [4.78, 5) is 25.1. The van der Waals surface area contributed by atoms with Crippen LogP contribution < -0.4 is 4.74 Å². The number of hydrogen-bond acceptors (Lipinski definition) is 4. The van der Waals surface area contributed by atoms with E-state index in [1.54, 1.807) is 23.1 Å². The molecular formula is C16H20ClNO5. The van der Waals surface area contributed by atoms with Gasteiger partial charge in [-0.05, 0) is 24.6 Å². The standard InChI is InChI=1S/C16H20ClNO5/c1-2-6-23-14-4-3-11(17)8-13(14)16(21)18-5-7-22-12(10-18)9-15(19)20/h3-4,8,12H,2,5-7,9-10H2,1H3,(H,19,20)/t12-/m0/s1. The highest BCUT2D eigenvalue weighted by molar-refractivity contribution is 6.31. The Morgan fingerprint density at radius 1 is 1.48 bits per heavy atom. The maximum Gasteiger partial charge on any atom is 0.306 e. The van der Waals surface area contributed by atoms with Crippen LogP contribution in [0, 0.1) is 0 Å². The first kappa shape index (κ1) is 17.6. The second-order valence-electron chi connectivity index (χ2n) is 5.33. The van der Waals surface area contributed by atoms with E-state index in [0.29, 0.717) is 36.1 Å². The third-order valence-electron chi connectivity index (χ3n) is 3.46. The maximum atomic E-state index is 12.8. The molecule has 7 heteroatoms. The van der Waals surface area contributed by atoms with Crippen LogP contribution in [0.3, 0.4) is 0 Å². The van der Waals surface area contributed by atoms with Gasteiger partial charge in [0.2, 0.25) is 0 Å². The van der Waals surface area contributed by atoms with Gasteiger partial charge in [0.1, 0.15) is 5.75 Å². The molecule has 0 aliphatic carbocycles. The normalized spacial score (nSPS) is 17.8. The first-order chi connectivity index (χ1) is 11.0. The number of nitrogens with zero attached hydrogens (tertiary/aromatic N) is 1. The van der Waals surface area contributed by atoms with Crippen molar-refractivity contribution in [1.29, 1.82) is 0 Å². The van der Waals surface area contributed by atoms with Crippen molar-refractivity contribution in [3.63, 3.8) is 0 Å². The molecule has 1 saturated heterocycles. The minimum atomic E-state index is -0.945. The Kier molecular flexibility index (Phi) is 6.24. The third-order valence-corrected chi connectivity index (χ3v) is 3.70. The van der Waals surface area contributed by atoms with Crippen molar-refractivity contribution in [2.24, 2.45) is 0 Å². The van der Waals surface area contributed by atoms with E-state index in [1.165, 1.54) is 0 Å². The van der Waals surface area contributed by atoms with E-state index in [-0.39, 0.29) is 18.9 Å². The SMILES string of the molecule is CCCOc1ccc(Cl)cc1C(=O)N1CCO[C@@H](CC(=O)O)C1. The molecule has 0 saturated carbocycles. The van der Waals surface area contributed by atoms with Crippen LogP contribution in [0.5, 0.6) is 5.75 Å². The number of rotatable bonds is 6. The second-order valence-corrected chi connectivity index (χ2v) is 5.77. The van der Waals surface area contributed by atoms with Gasteiger partial charge in [-0.2, -0.15) is 0 Å². The van der Waals surface area contributed by atoms with Crippen molar-refractivity contribution >= 4 is 23.5 Å². The zero-order chi connectivity index (χ0) is 16.8. The molecule has 0 radical (unpaired) electrons. The topological polar surface area (TPSA) is 76.1 Å². The molecule has 0 spiro atoms. The monoisotopic (exact) mass is 341 g/mol. The van der Waals surface area contributed by atoms with Gasteiger partial charge in [0.05, 0.1) is 31.3 Å². The fraction of sp³-hybridized carbons (Fsp3) is 0.500. The van der Waals surface area contributed by atoms with E-state index in [2.05, 4.69) is 0 Å². The summed E-state index contributed by atoms with van der Waals surface area (Å²) in [6, 6.07) is 4.94. The van der Waals surface area contributed by atoms with Crippen LogP contribution in [0.15, 0.2) is 18.2 Å². The minimum absolute atomic E-state index is 0.126. The lowest BCUT2D eigenvalue weighted by atomic mass is 10.1. The van der Waals surface area contributed by atoms with Crippen LogP contribution in [0.4, 0.5) is 0 Å². The van der Waals surface area contributed by atoms with Crippen LogP contribution in [0.25, 0.3) is 0 Å². The van der Waals surface area contributed by atoms with Crippen molar-refractivity contribution in [2.75, 3.05) is 26.3 Å². The molecular weight excluding hydrogens is 322 g/mol. The lowest BCUT2D eigenvalue weighted by Crippen LogP contribution is -2.46. The van der Waals surface area contributed by atoms with Gasteiger partial charge < -0.3 is 19.5 Å². The van der Waals surface area contributed by atoms with Gasteiger partial charge in [-0.25, -0.2) is 0 Å². The Morgan fingerprint density at radius 2 is 2.26 bits per heavy atom. The largest absolute Gasteiger partial charge is 0.493 e. The average molecular weight is 342 g/mol. The third kappa shape index (κ3) is 4.84. The van der Waals surface area contributed by atoms with Crippen molar-refractivity contribution < 1.29 is 24.2 Å². The molecule has 2 rings (SSSR count). The lowest BCUT2D eigenvalue weighted by molar-refractivity contribution is -0.141. The summed E-state index contributed by atoms with van der Waals surface area (Å²) >= 11 is 6.00. The molecule has 126 valence electrons. The molecule has 1 aromatic rings. The fourth-order valence-corrected chi connectivity index (χ4v) is 2.57. The number of carboxylic acids is 1. The van der Waals surface area contributed by atoms with Crippen molar-refractivity contribution in [3.05, 3.63) is 28.8 Å². The van der Waals surface area contributed by atoms with E-state index < -0.39 is 12.1 Å². The summed E-state index contributed by atoms with van der Waals surface area (Å²) in [7, 11) is 0. The van der Waals surface area contributed by atoms with Crippen molar-refractivity contribution in [2.45, 2.75) is 25.9 Å². The molecule has 1 aliphatic rings. The van der Waals surface area contributed by atoms with Crippen molar-refractivity contribution in [3.8, 4) is 5.75 Å². The van der Waals surface area contributed by atoms with Crippen LogP contribution in [0.1, 0.15) is 30.1 Å². The summed E-state index contributed by atoms with van der Waals surface area (Å²) in [6.07, 6.45) is 0.205. The molecule has 1 N–H and O–H groups in total. The summed E-state index contributed by atoms with van der Waals surface area (Å²) < 4.78 is 11.0. The quantitative estimate of drug-likeness (QED) is 0.860. The molecule has 1 aromatic carbocycles. The lowest BCUT2D eigenvalue weighted by Gasteiger charge is -2.32. The van der Waals surface area contributed by atoms with Gasteiger partial charge in [0.25, 0.3) is 5.91 Å². The maximum absolute atomic E-state index is 12.8. The van der Waals surface area contributed by atoms with Crippen molar-refractivity contribution in [1.82, 2.24) is 4.90 Å². The molecule has 6 nitrogen and oxygen atoms in total. The highest BCUT2D eigenvalue weighted by Gasteiger charge is 2.28. The molecule has 1 fully saturated rings. The smallest absolute Gasteiger partial charge is 0.306 e. The molecule has 0 aromatic heterocycles. The Balaban J connectivity index is 2.15. The number of halogens is 1. The molecule has 1 amide bonds. The highest BCUT2D eigenvalue weighted by Crippen LogP contribution is 2.25. The van der Waals surface area contributed by atoms with Gasteiger partial charge in [0, 0.05) is 18.1 Å². The summed E-state index contributed by atoms with van der Waals surface area (Å²) in [6.45, 7) is 3.46. The summed E-state index contributed by atoms with van der Waals surface area (Å²) in [5.41, 5.74) is 0.391. The fourth-order valence-electron chi connectivity index (χ4n) is 2.40. The number of carbonyl (C=O) groups is 2. The Morgan fingerprint density at radius 3 is 2.96 bits per heavy atom. The van der Waals surface area contributed by atoms with Gasteiger partial charge in [-0.3, -0.25) is 9.59 Å². The van der Waals surface area contributed by atoms with E-state index in [9.17, 15) is 9.59 Å². The van der Waals surface area contributed by atoms with Crippen LogP contribution in [-0.2, 0) is 9.53 Å². The molecule has 0 unspecified atom stereocenters. The number of aliphatic carboxylic acids is 1. The number of ether oxygens (including phenoxy) is 2. The summed E-state index contributed by atoms with van der Waals surface area (Å²) in [5, 5.41) is 9.32. The van der Waals surface area contributed by atoms with Gasteiger partial charge in [-0.1, -0.05) is 18.5 Å². The Bertz CT molecular complexity index is 578. The molecule has 1 aliphatic heterocycles. The zero-order valence-electron chi connectivity index (χ0n) is 13.0. The van der Waals surface area contributed by atoms with Gasteiger partial charge in [0.15, 0.2) is 0 Å². The molecule has 1 atom stereocenters. The van der Waals surface area contributed by atoms with E-state index in [0.717, 1.165) is 6.42 Å². The minimum Gasteiger partial charge on any atom is -0.493 e. The average Bonchev–Trinajstić information content (AvgIpc) is 2.52. The Labute approximate surface area is 139 Å². The number of carboxylic acid groups (broad SMARTS) is 1. The predicted molar refractivity (Wildman–Crippen MR) is 85.1 cm³/mol. The van der Waals surface area contributed by atoms with E-state index >= 15 is 0 Å². The van der Waals surface area contributed by atoms with Crippen LogP contribution >= 0.6 is 11.6 Å². The van der Waals surface area contributed by atoms with Crippen LogP contribution in [-0.4, -0.2) is 54.3 Å². The Hall–Kier alpha value is -1.79. The number of hydrogen-bond donors (Lipinski definition) is 1. The van der Waals surface area contributed by atoms with Gasteiger partial charge in [-0.15, -0.1) is 0 Å². The number of carbonyl (C=O) groups excluding carboxylic acids is 1. The van der Waals surface area contributed by atoms with Crippen LogP contribution in [0.2, 0.25) is 5.02 Å². The molecule has 23 heavy (non-hydrogen) atoms. The zero-order valence-corrected chi connectivity index (χ0v) is 13.7. The van der Waals surface area contributed by atoms with E-state index in [1.807, 2.05) is 6.92 Å². The predicted octanol–water partition coefficient (Wildman–Crippen LogP) is 2.44. The number of morpholine rings is 1. The van der Waals surface area contributed by atoms with Gasteiger partial charge >= 0.3 is 5.97 Å². The first-order valence-electron chi connectivity index (χ1n) is 7.56. The number of benzene rings is 1. The second kappa shape index (κ2) is 8.17. The number of amides is 1. The first-order valence-corrected chi connectivity index (χ1v) is 7.94. The molecule has 0 bridgehead atoms. The summed E-state index contributed by atoms with van der Waals surface area (Å²) in [5.74, 6) is -0.682. The highest BCUT2D eigenvalue weighted by atomic mass is 35.5.